The molecule has 0 amide bonds. The number of rotatable bonds is 2. The van der Waals surface area contributed by atoms with Gasteiger partial charge in [0.2, 0.25) is 0 Å². The van der Waals surface area contributed by atoms with E-state index in [4.69, 9.17) is 10.2 Å². The zero-order valence-corrected chi connectivity index (χ0v) is 12.4. The molecule has 0 heterocycles. The van der Waals surface area contributed by atoms with Crippen LogP contribution >= 0.6 is 22.3 Å². The Hall–Kier alpha value is 1.64. The van der Waals surface area contributed by atoms with Crippen LogP contribution in [0.2, 0.25) is 5.89 Å². The molecule has 0 aromatic carbocycles. The Bertz CT molecular complexity index is 128. The molecule has 0 unspecified atom stereocenters. The molecule has 0 saturated carbocycles. The van der Waals surface area contributed by atoms with Gasteiger partial charge in [-0.2, -0.15) is 0 Å². The quantitative estimate of drug-likeness (QED) is 0.529. The Morgan fingerprint density at radius 3 is 1.00 bits per heavy atom. The molecule has 0 bridgehead atoms. The van der Waals surface area contributed by atoms with E-state index in [9.17, 15) is 0 Å². The maximum atomic E-state index is 6.71. The average Bonchev–Trinajstić information content (AvgIpc) is 1.58. The summed E-state index contributed by atoms with van der Waals surface area (Å²) in [6.07, 6.45) is 0. The summed E-state index contributed by atoms with van der Waals surface area (Å²) in [5.74, 6) is 2.34. The topological polar surface area (TPSA) is 0 Å². The Labute approximate surface area is 78.8 Å². The van der Waals surface area contributed by atoms with E-state index in [1.165, 1.54) is 0 Å². The second-order valence-electron chi connectivity index (χ2n) is 4.58. The molecular formula is C7H23ClNiP2. The van der Waals surface area contributed by atoms with Crippen molar-refractivity contribution in [3.8, 4) is 0 Å². The van der Waals surface area contributed by atoms with Crippen LogP contribution in [0.5, 0.6) is 0 Å². The van der Waals surface area contributed by atoms with Gasteiger partial charge < -0.3 is 0 Å². The summed E-state index contributed by atoms with van der Waals surface area (Å²) in [6.45, 7) is 14.4. The molecule has 0 radical (unpaired) electrons. The molecule has 11 heavy (non-hydrogen) atoms. The molecule has 0 aliphatic heterocycles. The molecule has 0 rings (SSSR count). The van der Waals surface area contributed by atoms with Crippen LogP contribution in [-0.2, 0) is 10.6 Å². The Morgan fingerprint density at radius 2 is 1.00 bits per heavy atom. The van der Waals surface area contributed by atoms with Crippen molar-refractivity contribution in [1.82, 2.24) is 0 Å². The molecule has 0 nitrogen and oxygen atoms in total. The van der Waals surface area contributed by atoms with Crippen molar-refractivity contribution in [3.63, 3.8) is 0 Å². The Kier molecular flexibility index (Phi) is 3.93. The van der Waals surface area contributed by atoms with Crippen molar-refractivity contribution in [2.45, 2.75) is 5.89 Å². The van der Waals surface area contributed by atoms with E-state index in [-0.39, 0.29) is 0 Å². The fourth-order valence-electron chi connectivity index (χ4n) is 0.712. The van der Waals surface area contributed by atoms with E-state index in [1.54, 1.807) is 0 Å². The molecule has 0 aliphatic rings. The van der Waals surface area contributed by atoms with Gasteiger partial charge in [-0.05, 0) is 0 Å². The van der Waals surface area contributed by atoms with Gasteiger partial charge in [0.1, 0.15) is 0 Å². The van der Waals surface area contributed by atoms with Crippen LogP contribution in [0.15, 0.2) is 0 Å². The van der Waals surface area contributed by atoms with Crippen molar-refractivity contribution < 1.29 is 10.6 Å². The third kappa shape index (κ3) is 2.81. The van der Waals surface area contributed by atoms with Gasteiger partial charge >= 0.3 is 78.8 Å². The van der Waals surface area contributed by atoms with Gasteiger partial charge in [0.05, 0.1) is 0 Å². The zero-order chi connectivity index (χ0) is 9.50. The Balaban J connectivity index is 4.75. The van der Waals surface area contributed by atoms with Crippen LogP contribution in [-0.4, -0.2) is 40.0 Å². The summed E-state index contributed by atoms with van der Waals surface area (Å²) in [5, 5.41) is 0. The standard InChI is InChI=1S/2C3H9P.CH3.ClH.Ni/c2*1-4(2)3;;;/h2*1-3H3;1H3;1H;/q;;;;-1/p+1. The molecule has 0 fully saturated rings. The molecule has 0 aliphatic carbocycles. The number of hydrogen-bond donors (Lipinski definition) is 0. The zero-order valence-electron chi connectivity index (χ0n) is 8.69. The minimum atomic E-state index is -1.10. The second kappa shape index (κ2) is 3.42. The van der Waals surface area contributed by atoms with Crippen molar-refractivity contribution in [2.75, 3.05) is 40.0 Å². The van der Waals surface area contributed by atoms with Crippen LogP contribution in [0.3, 0.4) is 0 Å². The summed E-state index contributed by atoms with van der Waals surface area (Å²) < 4.78 is 0. The van der Waals surface area contributed by atoms with E-state index in [0.29, 0.717) is 0 Å². The first-order chi connectivity index (χ1) is 4.50. The Morgan fingerprint density at radius 1 is 0.818 bits per heavy atom. The molecule has 0 atom stereocenters. The van der Waals surface area contributed by atoms with Crippen molar-refractivity contribution >= 4 is 22.3 Å². The molecule has 78 valence electrons. The van der Waals surface area contributed by atoms with Gasteiger partial charge in [0.15, 0.2) is 0 Å². The van der Waals surface area contributed by atoms with Gasteiger partial charge in [-0.3, -0.25) is 0 Å². The molecular weight excluding hydrogens is 240 g/mol. The number of hydrogen-bond acceptors (Lipinski definition) is 0. The fourth-order valence-corrected chi connectivity index (χ4v) is 26.4. The van der Waals surface area contributed by atoms with Crippen LogP contribution in [0, 0.1) is 0 Å². The molecule has 0 N–H and O–H groups in total. The van der Waals surface area contributed by atoms with E-state index >= 15 is 0 Å². The molecule has 0 saturated heterocycles. The third-order valence-electron chi connectivity index (χ3n) is 1.78. The van der Waals surface area contributed by atoms with Gasteiger partial charge in [-0.15, -0.1) is 0 Å². The molecule has 0 aromatic heterocycles. The number of halogens is 1. The molecule has 0 aromatic rings. The summed E-state index contributed by atoms with van der Waals surface area (Å²) in [4.78, 5) is 0. The second-order valence-corrected chi connectivity index (χ2v) is 33.5. The van der Waals surface area contributed by atoms with Crippen LogP contribution in [0.4, 0.5) is 0 Å². The average molecular weight is 263 g/mol. The van der Waals surface area contributed by atoms with Gasteiger partial charge in [-0.1, -0.05) is 0 Å². The summed E-state index contributed by atoms with van der Waals surface area (Å²) in [6, 6.07) is -2.20. The minimum absolute atomic E-state index is 0.875. The summed E-state index contributed by atoms with van der Waals surface area (Å²) >= 11 is 0. The third-order valence-corrected chi connectivity index (χ3v) is 42.6. The molecule has 4 heteroatoms. The van der Waals surface area contributed by atoms with Crippen LogP contribution in [0.25, 0.3) is 0 Å². The normalized spacial score (nSPS) is 25.5. The van der Waals surface area contributed by atoms with Crippen molar-refractivity contribution in [1.29, 1.82) is 0 Å². The summed E-state index contributed by atoms with van der Waals surface area (Å²) in [7, 11) is 5.83. The van der Waals surface area contributed by atoms with Crippen molar-refractivity contribution in [3.05, 3.63) is 0 Å². The molecule has 0 spiro atoms. The van der Waals surface area contributed by atoms with Crippen LogP contribution < -0.4 is 0 Å². The van der Waals surface area contributed by atoms with Crippen LogP contribution in [0.1, 0.15) is 0 Å². The van der Waals surface area contributed by atoms with Gasteiger partial charge in [0.25, 0.3) is 0 Å². The first-order valence-electron chi connectivity index (χ1n) is 3.75. The van der Waals surface area contributed by atoms with Gasteiger partial charge in [-0.25, -0.2) is 0 Å². The maximum absolute atomic E-state index is 6.71. The van der Waals surface area contributed by atoms with E-state index in [1.807, 2.05) is 0 Å². The predicted octanol–water partition coefficient (Wildman–Crippen LogP) is 3.45. The van der Waals surface area contributed by atoms with Gasteiger partial charge in [0, 0.05) is 0 Å². The first kappa shape index (κ1) is 12.6. The monoisotopic (exact) mass is 262 g/mol. The van der Waals surface area contributed by atoms with E-state index in [2.05, 4.69) is 45.9 Å². The SMILES string of the molecule is C[PH](C)(C)[Ni]([CH3])([Cl])[PH](C)(C)C. The van der Waals surface area contributed by atoms with E-state index in [0.717, 1.165) is 0 Å². The fraction of sp³-hybridized carbons (Fsp3) is 1.00. The predicted molar refractivity (Wildman–Crippen MR) is 63.9 cm³/mol. The van der Waals surface area contributed by atoms with Crippen molar-refractivity contribution in [2.24, 2.45) is 0 Å². The van der Waals surface area contributed by atoms with E-state index < -0.39 is 22.7 Å². The first-order valence-corrected chi connectivity index (χ1v) is 15.7. The summed E-state index contributed by atoms with van der Waals surface area (Å²) in [5.41, 5.74) is 0.